The summed E-state index contributed by atoms with van der Waals surface area (Å²) in [6, 6.07) is 7.30. The zero-order valence-corrected chi connectivity index (χ0v) is 21.4. The number of aryl methyl sites for hydroxylation is 1. The Morgan fingerprint density at radius 2 is 1.86 bits per heavy atom. The number of carbonyl (C=O) groups is 1. The smallest absolute Gasteiger partial charge is 0.341 e. The normalized spacial score (nSPS) is 17.5. The number of carbonyl (C=O) groups excluding carboxylic acids is 1. The molecular weight excluding hydrogens is 529 g/mol. The van der Waals surface area contributed by atoms with Gasteiger partial charge in [0.2, 0.25) is 0 Å². The van der Waals surface area contributed by atoms with E-state index in [1.165, 1.54) is 23.5 Å². The Morgan fingerprint density at radius 3 is 2.56 bits per heavy atom. The molecule has 2 aliphatic rings. The van der Waals surface area contributed by atoms with Crippen LogP contribution in [-0.2, 0) is 0 Å². The van der Waals surface area contributed by atoms with Gasteiger partial charge in [0.15, 0.2) is 5.82 Å². The first-order chi connectivity index (χ1) is 17.4. The topological polar surface area (TPSA) is 107 Å². The molecule has 0 radical (unpaired) electrons. The minimum atomic E-state index is -0.506. The summed E-state index contributed by atoms with van der Waals surface area (Å²) in [5.41, 5.74) is 2.61. The summed E-state index contributed by atoms with van der Waals surface area (Å²) in [5, 5.41) is 19.4. The van der Waals surface area contributed by atoms with Crippen molar-refractivity contribution < 1.29 is 9.18 Å². The SMILES string of the molecule is Cc1nn(-c2cc(N3CCN(C(=O)N4N=CCC4c4cc(F)cc(C#N)c4)CC3)ncn2)c(C)c1Br. The van der Waals surface area contributed by atoms with Gasteiger partial charge in [0.05, 0.1) is 33.5 Å². The van der Waals surface area contributed by atoms with Crippen LogP contribution >= 0.6 is 15.9 Å². The number of nitriles is 1. The number of halogens is 2. The average Bonchev–Trinajstić information content (AvgIpc) is 3.49. The van der Waals surface area contributed by atoms with E-state index in [2.05, 4.69) is 41.0 Å². The molecule has 0 N–H and O–H groups in total. The van der Waals surface area contributed by atoms with Crippen LogP contribution in [0.5, 0.6) is 0 Å². The molecule has 1 unspecified atom stereocenters. The van der Waals surface area contributed by atoms with Gasteiger partial charge in [-0.05, 0) is 53.5 Å². The van der Waals surface area contributed by atoms with Gasteiger partial charge in [0.25, 0.3) is 0 Å². The Labute approximate surface area is 215 Å². The molecule has 0 bridgehead atoms. The molecule has 36 heavy (non-hydrogen) atoms. The molecule has 0 aliphatic carbocycles. The fourth-order valence-electron chi connectivity index (χ4n) is 4.49. The lowest BCUT2D eigenvalue weighted by Gasteiger charge is -2.37. The van der Waals surface area contributed by atoms with Crippen LogP contribution in [0.4, 0.5) is 15.0 Å². The van der Waals surface area contributed by atoms with Crippen molar-refractivity contribution in [3.63, 3.8) is 0 Å². The maximum atomic E-state index is 14.0. The zero-order chi connectivity index (χ0) is 25.4. The lowest BCUT2D eigenvalue weighted by molar-refractivity contribution is 0.139. The Bertz CT molecular complexity index is 1390. The first-order valence-electron chi connectivity index (χ1n) is 11.5. The first-order valence-corrected chi connectivity index (χ1v) is 12.2. The summed E-state index contributed by atoms with van der Waals surface area (Å²) >= 11 is 3.55. The number of benzene rings is 1. The van der Waals surface area contributed by atoms with Gasteiger partial charge >= 0.3 is 6.03 Å². The quantitative estimate of drug-likeness (QED) is 0.491. The van der Waals surface area contributed by atoms with E-state index >= 15 is 0 Å². The van der Waals surface area contributed by atoms with E-state index in [1.807, 2.05) is 26.0 Å². The summed E-state index contributed by atoms with van der Waals surface area (Å²) in [5.74, 6) is 0.927. The van der Waals surface area contributed by atoms with Gasteiger partial charge in [-0.25, -0.2) is 28.8 Å². The van der Waals surface area contributed by atoms with Crippen LogP contribution in [0.3, 0.4) is 0 Å². The van der Waals surface area contributed by atoms with Crippen LogP contribution < -0.4 is 4.90 Å². The molecule has 4 heterocycles. The third-order valence-electron chi connectivity index (χ3n) is 6.39. The van der Waals surface area contributed by atoms with Crippen molar-refractivity contribution in [3.05, 3.63) is 63.4 Å². The van der Waals surface area contributed by atoms with E-state index in [0.29, 0.717) is 44.0 Å². The Morgan fingerprint density at radius 1 is 1.11 bits per heavy atom. The molecule has 3 aromatic rings. The standard InChI is InChI=1S/C24H23BrFN9O/c1-15-23(25)16(2)34(31-15)22-12-21(28-14-29-22)32-5-7-33(8-6-32)24(36)35-20(3-4-30-35)18-9-17(13-27)10-19(26)11-18/h4,9-12,14,20H,3,5-8H2,1-2H3. The molecule has 1 aromatic carbocycles. The second-order valence-corrected chi connectivity index (χ2v) is 9.46. The maximum Gasteiger partial charge on any atom is 0.341 e. The van der Waals surface area contributed by atoms with Crippen molar-refractivity contribution in [2.45, 2.75) is 26.3 Å². The Kier molecular flexibility index (Phi) is 6.40. The van der Waals surface area contributed by atoms with Crippen molar-refractivity contribution >= 4 is 34.0 Å². The summed E-state index contributed by atoms with van der Waals surface area (Å²) in [6.07, 6.45) is 3.63. The molecule has 2 aromatic heterocycles. The van der Waals surface area contributed by atoms with Crippen LogP contribution in [-0.4, -0.2) is 68.1 Å². The highest BCUT2D eigenvalue weighted by molar-refractivity contribution is 9.10. The predicted molar refractivity (Wildman–Crippen MR) is 134 cm³/mol. The van der Waals surface area contributed by atoms with Crippen LogP contribution in [0.1, 0.15) is 35.0 Å². The van der Waals surface area contributed by atoms with Gasteiger partial charge in [-0.1, -0.05) is 0 Å². The van der Waals surface area contributed by atoms with Crippen LogP contribution in [0.25, 0.3) is 5.82 Å². The van der Waals surface area contributed by atoms with Gasteiger partial charge < -0.3 is 9.80 Å². The highest BCUT2D eigenvalue weighted by Gasteiger charge is 2.33. The van der Waals surface area contributed by atoms with Crippen LogP contribution in [0, 0.1) is 31.0 Å². The number of hydrogen-bond donors (Lipinski definition) is 0. The monoisotopic (exact) mass is 551 g/mol. The van der Waals surface area contributed by atoms with Crippen LogP contribution in [0.2, 0.25) is 0 Å². The van der Waals surface area contributed by atoms with Crippen molar-refractivity contribution in [2.24, 2.45) is 5.10 Å². The molecule has 5 rings (SSSR count). The molecule has 0 spiro atoms. The van der Waals surface area contributed by atoms with E-state index in [0.717, 1.165) is 21.7 Å². The van der Waals surface area contributed by atoms with Gasteiger partial charge in [-0.15, -0.1) is 0 Å². The lowest BCUT2D eigenvalue weighted by atomic mass is 10.0. The number of piperazine rings is 1. The third kappa shape index (κ3) is 4.42. The fraction of sp³-hybridized carbons (Fsp3) is 0.333. The summed E-state index contributed by atoms with van der Waals surface area (Å²) in [6.45, 7) is 6.03. The maximum absolute atomic E-state index is 14.0. The summed E-state index contributed by atoms with van der Waals surface area (Å²) in [4.78, 5) is 25.9. The van der Waals surface area contributed by atoms with Gasteiger partial charge in [0, 0.05) is 44.9 Å². The average molecular weight is 552 g/mol. The van der Waals surface area contributed by atoms with E-state index in [4.69, 9.17) is 0 Å². The summed E-state index contributed by atoms with van der Waals surface area (Å²) < 4.78 is 16.7. The second kappa shape index (κ2) is 9.66. The number of aromatic nitrogens is 4. The minimum absolute atomic E-state index is 0.218. The molecule has 1 saturated heterocycles. The number of amides is 2. The highest BCUT2D eigenvalue weighted by atomic mass is 79.9. The minimum Gasteiger partial charge on any atom is -0.353 e. The number of hydrogen-bond acceptors (Lipinski definition) is 7. The van der Waals surface area contributed by atoms with Crippen molar-refractivity contribution in [1.29, 1.82) is 5.26 Å². The van der Waals surface area contributed by atoms with E-state index in [9.17, 15) is 14.4 Å². The van der Waals surface area contributed by atoms with E-state index in [1.54, 1.807) is 21.9 Å². The molecule has 2 aliphatic heterocycles. The molecule has 1 fully saturated rings. The van der Waals surface area contributed by atoms with Gasteiger partial charge in [-0.2, -0.15) is 15.5 Å². The van der Waals surface area contributed by atoms with Crippen LogP contribution in [0.15, 0.2) is 40.2 Å². The number of urea groups is 1. The predicted octanol–water partition coefficient (Wildman–Crippen LogP) is 3.73. The third-order valence-corrected chi connectivity index (χ3v) is 7.54. The number of nitrogens with zero attached hydrogens (tertiary/aromatic N) is 9. The molecular formula is C24H23BrFN9O. The summed E-state index contributed by atoms with van der Waals surface area (Å²) in [7, 11) is 0. The number of hydrazone groups is 1. The molecule has 1 atom stereocenters. The Hall–Kier alpha value is -3.85. The molecule has 2 amide bonds. The molecule has 0 saturated carbocycles. The van der Waals surface area contributed by atoms with Crippen molar-refractivity contribution in [2.75, 3.05) is 31.1 Å². The van der Waals surface area contributed by atoms with Gasteiger partial charge in [0.1, 0.15) is 18.0 Å². The molecule has 184 valence electrons. The Balaban J connectivity index is 1.27. The fourth-order valence-corrected chi connectivity index (χ4v) is 4.74. The highest BCUT2D eigenvalue weighted by Crippen LogP contribution is 2.31. The van der Waals surface area contributed by atoms with E-state index < -0.39 is 11.9 Å². The number of rotatable bonds is 3. The largest absolute Gasteiger partial charge is 0.353 e. The number of anilines is 1. The second-order valence-electron chi connectivity index (χ2n) is 8.67. The lowest BCUT2D eigenvalue weighted by Crippen LogP contribution is -2.52. The van der Waals surface area contributed by atoms with Crippen molar-refractivity contribution in [1.82, 2.24) is 29.7 Å². The van der Waals surface area contributed by atoms with E-state index in [-0.39, 0.29) is 11.6 Å². The molecule has 10 nitrogen and oxygen atoms in total. The van der Waals surface area contributed by atoms with Crippen molar-refractivity contribution in [3.8, 4) is 11.9 Å². The first kappa shape index (κ1) is 23.9. The molecule has 12 heteroatoms. The van der Waals surface area contributed by atoms with Gasteiger partial charge in [-0.3, -0.25) is 0 Å². The zero-order valence-electron chi connectivity index (χ0n) is 19.8.